The summed E-state index contributed by atoms with van der Waals surface area (Å²) in [6, 6.07) is 19.4. The monoisotopic (exact) mass is 881 g/mol. The van der Waals surface area contributed by atoms with Gasteiger partial charge >= 0.3 is 0 Å². The van der Waals surface area contributed by atoms with Gasteiger partial charge in [0.15, 0.2) is 0 Å². The first-order valence-corrected chi connectivity index (χ1v) is 26.0. The second-order valence-corrected chi connectivity index (χ2v) is 23.6. The van der Waals surface area contributed by atoms with Crippen molar-refractivity contribution in [2.45, 2.75) is 157 Å². The highest BCUT2D eigenvalue weighted by Gasteiger charge is 2.29. The van der Waals surface area contributed by atoms with Crippen molar-refractivity contribution in [1.82, 2.24) is 0 Å². The van der Waals surface area contributed by atoms with E-state index in [0.29, 0.717) is 52.1 Å². The summed E-state index contributed by atoms with van der Waals surface area (Å²) in [7, 11) is 0. The molecule has 4 nitrogen and oxygen atoms in total. The van der Waals surface area contributed by atoms with Gasteiger partial charge in [-0.3, -0.25) is 0 Å². The summed E-state index contributed by atoms with van der Waals surface area (Å²) < 4.78 is 28.0. The molecule has 62 heavy (non-hydrogen) atoms. The summed E-state index contributed by atoms with van der Waals surface area (Å²) in [5, 5.41) is 0. The zero-order chi connectivity index (χ0) is 45.6. The summed E-state index contributed by atoms with van der Waals surface area (Å²) in [5.74, 6) is 5.82. The maximum Gasteiger partial charge on any atom is 0.126 e. The smallest absolute Gasteiger partial charge is 0.126 e. The van der Waals surface area contributed by atoms with E-state index in [-0.39, 0.29) is 21.7 Å². The first-order chi connectivity index (χ1) is 29.1. The average Bonchev–Trinajstić information content (AvgIpc) is 3.17. The fourth-order valence-electron chi connectivity index (χ4n) is 8.22. The van der Waals surface area contributed by atoms with Crippen LogP contribution in [0.3, 0.4) is 0 Å². The fourth-order valence-corrected chi connectivity index (χ4v) is 8.72. The molecule has 0 atom stereocenters. The van der Waals surface area contributed by atoms with Gasteiger partial charge in [-0.1, -0.05) is 145 Å². The Hall–Kier alpha value is -3.22. The number of rotatable bonds is 14. The fraction of sp³-hybridized carbons (Fsp3) is 0.571. The molecule has 1 aliphatic rings. The lowest BCUT2D eigenvalue weighted by molar-refractivity contribution is 0.309. The molecule has 0 saturated heterocycles. The van der Waals surface area contributed by atoms with Crippen molar-refractivity contribution in [2.24, 2.45) is 0 Å². The van der Waals surface area contributed by atoms with Gasteiger partial charge in [-0.2, -0.15) is 23.5 Å². The molecule has 5 rings (SSSR count). The number of ether oxygens (including phenoxy) is 4. The van der Waals surface area contributed by atoms with Gasteiger partial charge in [0.25, 0.3) is 0 Å². The van der Waals surface area contributed by atoms with E-state index in [1.165, 1.54) is 66.8 Å². The minimum Gasteiger partial charge on any atom is -0.493 e. The predicted molar refractivity (Wildman–Crippen MR) is 271 cm³/mol. The summed E-state index contributed by atoms with van der Waals surface area (Å²) in [5.41, 5.74) is 14.6. The topological polar surface area (TPSA) is 36.9 Å². The van der Waals surface area contributed by atoms with Gasteiger partial charge in [-0.05, 0) is 114 Å². The Morgan fingerprint density at radius 3 is 0.710 bits per heavy atom. The molecule has 1 aliphatic carbocycles. The average molecular weight is 881 g/mol. The Bertz CT molecular complexity index is 1890. The number of thioether (sulfide) groups is 2. The van der Waals surface area contributed by atoms with E-state index >= 15 is 0 Å². The number of benzene rings is 4. The van der Waals surface area contributed by atoms with Crippen LogP contribution in [0.2, 0.25) is 0 Å². The maximum absolute atomic E-state index is 7.02. The van der Waals surface area contributed by atoms with Gasteiger partial charge in [0.2, 0.25) is 0 Å². The van der Waals surface area contributed by atoms with Crippen LogP contribution in [0.1, 0.15) is 177 Å². The van der Waals surface area contributed by atoms with Crippen molar-refractivity contribution >= 4 is 23.5 Å². The second-order valence-electron chi connectivity index (χ2n) is 21.6. The van der Waals surface area contributed by atoms with Crippen molar-refractivity contribution < 1.29 is 18.9 Å². The molecule has 4 aromatic carbocycles. The molecule has 0 saturated carbocycles. The highest BCUT2D eigenvalue weighted by Crippen LogP contribution is 2.44. The lowest BCUT2D eigenvalue weighted by atomic mass is 9.79. The van der Waals surface area contributed by atoms with Crippen LogP contribution >= 0.6 is 23.5 Å². The molecule has 0 heterocycles. The van der Waals surface area contributed by atoms with Crippen LogP contribution in [0.25, 0.3) is 0 Å². The van der Waals surface area contributed by atoms with E-state index in [1.54, 1.807) is 0 Å². The van der Waals surface area contributed by atoms with Gasteiger partial charge in [-0.25, -0.2) is 0 Å². The van der Waals surface area contributed by atoms with Crippen LogP contribution in [-0.4, -0.2) is 50.4 Å². The van der Waals surface area contributed by atoms with Gasteiger partial charge < -0.3 is 18.9 Å². The van der Waals surface area contributed by atoms with Crippen LogP contribution in [0.5, 0.6) is 23.0 Å². The largest absolute Gasteiger partial charge is 0.493 e. The molecule has 340 valence electrons. The molecule has 0 spiro atoms. The van der Waals surface area contributed by atoms with Crippen LogP contribution in [-0.2, 0) is 47.3 Å². The summed E-state index contributed by atoms with van der Waals surface area (Å²) >= 11 is 3.65. The summed E-state index contributed by atoms with van der Waals surface area (Å²) in [4.78, 5) is 0. The summed E-state index contributed by atoms with van der Waals surface area (Å²) in [6.07, 6.45) is 8.94. The van der Waals surface area contributed by atoms with Crippen molar-refractivity contribution in [3.63, 3.8) is 0 Å². The molecule has 0 aliphatic heterocycles. The Morgan fingerprint density at radius 1 is 0.355 bits per heavy atom. The SMILES string of the molecule is CCCOc1c2cc(C(C)(C)C)cc1Cc1cc(C(C)(C)C)cc(c1OCCSC)Cc1cc(C(C)(C)C)cc(c1OCCC)Cc1cc(C(C)(C)C)cc(c1OCCSC)C2. The third kappa shape index (κ3) is 12.5. The van der Waals surface area contributed by atoms with E-state index in [2.05, 4.69) is 158 Å². The predicted octanol–water partition coefficient (Wildman–Crippen LogP) is 14.6. The Kier molecular flexibility index (Phi) is 16.7. The zero-order valence-corrected chi connectivity index (χ0v) is 43.2. The highest BCUT2D eigenvalue weighted by atomic mass is 32.2. The minimum absolute atomic E-state index is 0.0811. The Morgan fingerprint density at radius 2 is 0.548 bits per heavy atom. The first-order valence-electron chi connectivity index (χ1n) is 23.2. The van der Waals surface area contributed by atoms with Gasteiger partial charge in [0, 0.05) is 37.2 Å². The third-order valence-corrected chi connectivity index (χ3v) is 13.1. The van der Waals surface area contributed by atoms with E-state index in [0.717, 1.165) is 47.3 Å². The second kappa shape index (κ2) is 20.7. The van der Waals surface area contributed by atoms with E-state index in [4.69, 9.17) is 18.9 Å². The van der Waals surface area contributed by atoms with Gasteiger partial charge in [0.1, 0.15) is 23.0 Å². The van der Waals surface area contributed by atoms with Crippen LogP contribution in [0, 0.1) is 0 Å². The molecular weight excluding hydrogens is 801 g/mol. The van der Waals surface area contributed by atoms with Crippen molar-refractivity contribution in [2.75, 3.05) is 50.4 Å². The Labute approximate surface area is 386 Å². The molecule has 0 amide bonds. The third-order valence-electron chi connectivity index (χ3n) is 11.9. The number of fused-ring (bicyclic) bond motifs is 8. The summed E-state index contributed by atoms with van der Waals surface area (Å²) in [6.45, 7) is 34.9. The number of hydrogen-bond acceptors (Lipinski definition) is 6. The maximum atomic E-state index is 7.02. The normalized spacial score (nSPS) is 13.5. The molecule has 4 aromatic rings. The zero-order valence-electron chi connectivity index (χ0n) is 41.6. The van der Waals surface area contributed by atoms with E-state index < -0.39 is 0 Å². The van der Waals surface area contributed by atoms with E-state index in [1.807, 2.05) is 23.5 Å². The van der Waals surface area contributed by atoms with Crippen molar-refractivity contribution in [3.8, 4) is 23.0 Å². The van der Waals surface area contributed by atoms with Crippen LogP contribution < -0.4 is 18.9 Å². The molecule has 0 fully saturated rings. The van der Waals surface area contributed by atoms with Crippen LogP contribution in [0.15, 0.2) is 48.5 Å². The molecular formula is C56H80O4S2. The van der Waals surface area contributed by atoms with E-state index in [9.17, 15) is 0 Å². The molecule has 0 radical (unpaired) electrons. The number of hydrogen-bond donors (Lipinski definition) is 0. The first kappa shape index (κ1) is 49.8. The molecule has 0 N–H and O–H groups in total. The molecule has 8 bridgehead atoms. The standard InChI is InChI=1S/C56H80O4S2/c1-17-19-57-49-37-25-41-33-47(55(9,10)11)35-43(51(41)59-21-23-61-15)27-39-31-46(54(6,7)8)32-40(50(39)58-20-18-2)28-44-36-48(56(12,13)14)34-42(52(44)60-22-24-62-16)26-38(49)30-45(29-37)53(3,4)5/h29-36H,17-28H2,1-16H3. The van der Waals surface area contributed by atoms with Crippen LogP contribution in [0.4, 0.5) is 0 Å². The van der Waals surface area contributed by atoms with Gasteiger partial charge in [-0.15, -0.1) is 0 Å². The molecule has 0 aromatic heterocycles. The van der Waals surface area contributed by atoms with Crippen molar-refractivity contribution in [3.05, 3.63) is 115 Å². The molecule has 0 unspecified atom stereocenters. The quantitative estimate of drug-likeness (QED) is 0.103. The van der Waals surface area contributed by atoms with Crippen molar-refractivity contribution in [1.29, 1.82) is 0 Å². The lowest BCUT2D eigenvalue weighted by Gasteiger charge is -2.29. The van der Waals surface area contributed by atoms with Gasteiger partial charge in [0.05, 0.1) is 26.4 Å². The lowest BCUT2D eigenvalue weighted by Crippen LogP contribution is -2.18. The minimum atomic E-state index is -0.0812. The Balaban J connectivity index is 2.01. The molecule has 6 heteroatoms. The highest BCUT2D eigenvalue weighted by molar-refractivity contribution is 7.98.